The van der Waals surface area contributed by atoms with E-state index >= 15 is 0 Å². The first-order chi connectivity index (χ1) is 7.70. The quantitative estimate of drug-likeness (QED) is 0.653. The Hall–Kier alpha value is -1.22. The van der Waals surface area contributed by atoms with E-state index in [0.29, 0.717) is 6.42 Å². The SMILES string of the molecule is COC(=O)CC1CCCc2ccc(N)cc21.Cl. The van der Waals surface area contributed by atoms with E-state index in [4.69, 9.17) is 10.5 Å². The number of hydrogen-bond donors (Lipinski definition) is 1. The molecule has 0 amide bonds. The van der Waals surface area contributed by atoms with Crippen LogP contribution in [0.3, 0.4) is 0 Å². The maximum atomic E-state index is 11.3. The largest absolute Gasteiger partial charge is 0.469 e. The van der Waals surface area contributed by atoms with Crippen molar-refractivity contribution in [2.24, 2.45) is 0 Å². The van der Waals surface area contributed by atoms with Gasteiger partial charge in [0, 0.05) is 5.69 Å². The summed E-state index contributed by atoms with van der Waals surface area (Å²) in [6, 6.07) is 6.01. The van der Waals surface area contributed by atoms with E-state index in [0.717, 1.165) is 24.9 Å². The Morgan fingerprint density at radius 3 is 3.00 bits per heavy atom. The maximum Gasteiger partial charge on any atom is 0.306 e. The second-order valence-corrected chi connectivity index (χ2v) is 4.33. The number of ether oxygens (including phenoxy) is 1. The molecule has 0 bridgehead atoms. The first-order valence-corrected chi connectivity index (χ1v) is 5.66. The van der Waals surface area contributed by atoms with Crippen LogP contribution in [-0.2, 0) is 16.0 Å². The molecule has 17 heavy (non-hydrogen) atoms. The molecule has 0 radical (unpaired) electrons. The molecule has 0 aliphatic heterocycles. The van der Waals surface area contributed by atoms with E-state index in [1.54, 1.807) is 0 Å². The Balaban J connectivity index is 0.00000144. The number of halogens is 1. The second-order valence-electron chi connectivity index (χ2n) is 4.33. The molecule has 2 rings (SSSR count). The van der Waals surface area contributed by atoms with Gasteiger partial charge in [0.25, 0.3) is 0 Å². The smallest absolute Gasteiger partial charge is 0.306 e. The summed E-state index contributed by atoms with van der Waals surface area (Å²) in [5.74, 6) is 0.139. The van der Waals surface area contributed by atoms with E-state index in [2.05, 4.69) is 6.07 Å². The molecule has 4 heteroatoms. The van der Waals surface area contributed by atoms with Crippen molar-refractivity contribution < 1.29 is 9.53 Å². The van der Waals surface area contributed by atoms with Crippen LogP contribution in [0.2, 0.25) is 0 Å². The van der Waals surface area contributed by atoms with Crippen molar-refractivity contribution in [1.82, 2.24) is 0 Å². The number of anilines is 1. The van der Waals surface area contributed by atoms with Gasteiger partial charge in [-0.1, -0.05) is 6.07 Å². The van der Waals surface area contributed by atoms with Crippen LogP contribution in [0.25, 0.3) is 0 Å². The second kappa shape index (κ2) is 5.92. The molecular weight excluding hydrogens is 238 g/mol. The molecule has 0 spiro atoms. The molecule has 0 fully saturated rings. The van der Waals surface area contributed by atoms with Crippen LogP contribution >= 0.6 is 12.4 Å². The molecule has 1 aromatic carbocycles. The summed E-state index contributed by atoms with van der Waals surface area (Å²) in [7, 11) is 1.44. The van der Waals surface area contributed by atoms with E-state index in [-0.39, 0.29) is 24.3 Å². The lowest BCUT2D eigenvalue weighted by Crippen LogP contribution is -2.15. The van der Waals surface area contributed by atoms with Crippen LogP contribution in [0.5, 0.6) is 0 Å². The third kappa shape index (κ3) is 3.13. The summed E-state index contributed by atoms with van der Waals surface area (Å²) in [6.07, 6.45) is 3.74. The highest BCUT2D eigenvalue weighted by molar-refractivity contribution is 5.85. The third-order valence-electron chi connectivity index (χ3n) is 3.25. The molecule has 2 N–H and O–H groups in total. The van der Waals surface area contributed by atoms with Gasteiger partial charge in [0.1, 0.15) is 0 Å². The molecule has 1 aliphatic rings. The minimum atomic E-state index is -0.139. The number of methoxy groups -OCH3 is 1. The molecule has 0 saturated carbocycles. The summed E-state index contributed by atoms with van der Waals surface area (Å²) in [5.41, 5.74) is 9.13. The average Bonchev–Trinajstić information content (AvgIpc) is 2.29. The summed E-state index contributed by atoms with van der Waals surface area (Å²) < 4.78 is 4.73. The van der Waals surface area contributed by atoms with E-state index in [1.807, 2.05) is 12.1 Å². The number of carbonyl (C=O) groups excluding carboxylic acids is 1. The molecule has 0 saturated heterocycles. The van der Waals surface area contributed by atoms with E-state index in [1.165, 1.54) is 18.2 Å². The Kier molecular flexibility index (Phi) is 4.82. The molecule has 1 unspecified atom stereocenters. The Morgan fingerprint density at radius 2 is 2.29 bits per heavy atom. The van der Waals surface area contributed by atoms with Crippen molar-refractivity contribution in [2.45, 2.75) is 31.6 Å². The van der Waals surface area contributed by atoms with E-state index in [9.17, 15) is 4.79 Å². The van der Waals surface area contributed by atoms with Crippen molar-refractivity contribution in [1.29, 1.82) is 0 Å². The van der Waals surface area contributed by atoms with Crippen LogP contribution in [0.1, 0.15) is 36.3 Å². The van der Waals surface area contributed by atoms with Crippen LogP contribution < -0.4 is 5.73 Å². The van der Waals surface area contributed by atoms with Crippen LogP contribution in [0, 0.1) is 0 Å². The van der Waals surface area contributed by atoms with Crippen molar-refractivity contribution in [3.8, 4) is 0 Å². The molecule has 3 nitrogen and oxygen atoms in total. The van der Waals surface area contributed by atoms with Gasteiger partial charge in [-0.25, -0.2) is 0 Å². The maximum absolute atomic E-state index is 11.3. The van der Waals surface area contributed by atoms with Gasteiger partial charge >= 0.3 is 5.97 Å². The van der Waals surface area contributed by atoms with Gasteiger partial charge in [0.05, 0.1) is 13.5 Å². The standard InChI is InChI=1S/C13H17NO2.ClH/c1-16-13(15)7-10-4-2-3-9-5-6-11(14)8-12(9)10;/h5-6,8,10H,2-4,7,14H2,1H3;1H. The molecule has 1 aromatic rings. The van der Waals surface area contributed by atoms with Crippen molar-refractivity contribution in [2.75, 3.05) is 12.8 Å². The number of nitrogen functional groups attached to an aromatic ring is 1. The first-order valence-electron chi connectivity index (χ1n) is 5.66. The van der Waals surface area contributed by atoms with Gasteiger partial charge in [-0.2, -0.15) is 0 Å². The molecular formula is C13H18ClNO2. The molecule has 1 aliphatic carbocycles. The molecule has 94 valence electrons. The summed E-state index contributed by atoms with van der Waals surface area (Å²) in [4.78, 5) is 11.3. The fourth-order valence-electron chi connectivity index (χ4n) is 2.41. The zero-order chi connectivity index (χ0) is 11.5. The van der Waals surface area contributed by atoms with Crippen LogP contribution in [0.15, 0.2) is 18.2 Å². The lowest BCUT2D eigenvalue weighted by Gasteiger charge is -2.25. The Bertz CT molecular complexity index is 406. The van der Waals surface area contributed by atoms with Crippen molar-refractivity contribution >= 4 is 24.1 Å². The third-order valence-corrected chi connectivity index (χ3v) is 3.25. The minimum Gasteiger partial charge on any atom is -0.469 e. The van der Waals surface area contributed by atoms with Crippen LogP contribution in [0.4, 0.5) is 5.69 Å². The fourth-order valence-corrected chi connectivity index (χ4v) is 2.41. The monoisotopic (exact) mass is 255 g/mol. The number of carbonyl (C=O) groups is 1. The number of nitrogens with two attached hydrogens (primary N) is 1. The number of rotatable bonds is 2. The highest BCUT2D eigenvalue weighted by Crippen LogP contribution is 2.35. The predicted octanol–water partition coefficient (Wildman–Crippen LogP) is 2.67. The number of benzene rings is 1. The number of fused-ring (bicyclic) bond motifs is 1. The zero-order valence-electron chi connectivity index (χ0n) is 9.94. The molecule has 0 aromatic heterocycles. The average molecular weight is 256 g/mol. The fraction of sp³-hybridized carbons (Fsp3) is 0.462. The highest BCUT2D eigenvalue weighted by atomic mass is 35.5. The number of hydrogen-bond acceptors (Lipinski definition) is 3. The van der Waals surface area contributed by atoms with Crippen LogP contribution in [-0.4, -0.2) is 13.1 Å². The van der Waals surface area contributed by atoms with Gasteiger partial charge in [-0.15, -0.1) is 12.4 Å². The van der Waals surface area contributed by atoms with Gasteiger partial charge < -0.3 is 10.5 Å². The summed E-state index contributed by atoms with van der Waals surface area (Å²) in [5, 5.41) is 0. The molecule has 0 heterocycles. The van der Waals surface area contributed by atoms with Gasteiger partial charge in [-0.3, -0.25) is 4.79 Å². The summed E-state index contributed by atoms with van der Waals surface area (Å²) in [6.45, 7) is 0. The van der Waals surface area contributed by atoms with Gasteiger partial charge in [0.15, 0.2) is 0 Å². The van der Waals surface area contributed by atoms with Crippen molar-refractivity contribution in [3.05, 3.63) is 29.3 Å². The number of esters is 1. The topological polar surface area (TPSA) is 52.3 Å². The lowest BCUT2D eigenvalue weighted by molar-refractivity contribution is -0.141. The van der Waals surface area contributed by atoms with Gasteiger partial charge in [0.2, 0.25) is 0 Å². The van der Waals surface area contributed by atoms with Crippen molar-refractivity contribution in [3.63, 3.8) is 0 Å². The Morgan fingerprint density at radius 1 is 1.53 bits per heavy atom. The predicted molar refractivity (Wildman–Crippen MR) is 70.4 cm³/mol. The molecule has 1 atom stereocenters. The highest BCUT2D eigenvalue weighted by Gasteiger charge is 2.22. The normalized spacial score (nSPS) is 17.8. The minimum absolute atomic E-state index is 0. The summed E-state index contributed by atoms with van der Waals surface area (Å²) >= 11 is 0. The first kappa shape index (κ1) is 13.8. The van der Waals surface area contributed by atoms with E-state index < -0.39 is 0 Å². The number of aryl methyl sites for hydroxylation is 1. The lowest BCUT2D eigenvalue weighted by atomic mass is 9.81. The Labute approximate surface area is 108 Å². The zero-order valence-corrected chi connectivity index (χ0v) is 10.8. The van der Waals surface area contributed by atoms with Gasteiger partial charge in [-0.05, 0) is 48.4 Å².